The maximum Gasteiger partial charge on any atom is 0.160 e. The Labute approximate surface area is 89.2 Å². The molecule has 1 heterocycles. The van der Waals surface area contributed by atoms with Crippen LogP contribution in [0.4, 0.5) is 5.69 Å². The van der Waals surface area contributed by atoms with E-state index in [1.54, 1.807) is 0 Å². The van der Waals surface area contributed by atoms with Gasteiger partial charge in [0.15, 0.2) is 5.75 Å². The summed E-state index contributed by atoms with van der Waals surface area (Å²) in [5.74, 6) is 0.778. The van der Waals surface area contributed by atoms with Crippen molar-refractivity contribution in [3.63, 3.8) is 0 Å². The maximum absolute atomic E-state index is 6.04. The van der Waals surface area contributed by atoms with E-state index in [4.69, 9.17) is 16.3 Å². The predicted octanol–water partition coefficient (Wildman–Crippen LogP) is 3.17. The highest BCUT2D eigenvalue weighted by molar-refractivity contribution is 6.32. The van der Waals surface area contributed by atoms with Crippen molar-refractivity contribution in [3.05, 3.63) is 23.2 Å². The molecular formula is C11H14ClNO. The third-order valence-electron chi connectivity index (χ3n) is 2.33. The molecule has 0 saturated heterocycles. The molecule has 3 heteroatoms. The maximum atomic E-state index is 6.04. The number of para-hydroxylation sites is 1. The highest BCUT2D eigenvalue weighted by atomic mass is 35.5. The van der Waals surface area contributed by atoms with Crippen LogP contribution in [0.3, 0.4) is 0 Å². The van der Waals surface area contributed by atoms with E-state index >= 15 is 0 Å². The molecule has 1 aliphatic rings. The molecule has 1 aromatic rings. The Kier molecular flexibility index (Phi) is 2.31. The minimum atomic E-state index is 0.141. The van der Waals surface area contributed by atoms with Gasteiger partial charge in [0.2, 0.25) is 0 Å². The third-order valence-corrected chi connectivity index (χ3v) is 2.63. The van der Waals surface area contributed by atoms with Gasteiger partial charge in [0.25, 0.3) is 0 Å². The van der Waals surface area contributed by atoms with E-state index < -0.39 is 0 Å². The molecule has 0 bridgehead atoms. The van der Waals surface area contributed by atoms with Crippen LogP contribution in [0.5, 0.6) is 5.75 Å². The average Bonchev–Trinajstić information content (AvgIpc) is 2.27. The van der Waals surface area contributed by atoms with Gasteiger partial charge in [0.1, 0.15) is 0 Å². The molecule has 0 spiro atoms. The Bertz CT molecular complexity index is 349. The lowest BCUT2D eigenvalue weighted by Gasteiger charge is -2.20. The molecule has 0 atom stereocenters. The van der Waals surface area contributed by atoms with Crippen LogP contribution in [0.2, 0.25) is 5.02 Å². The van der Waals surface area contributed by atoms with Gasteiger partial charge in [0, 0.05) is 12.0 Å². The van der Waals surface area contributed by atoms with Gasteiger partial charge in [-0.05, 0) is 12.1 Å². The molecule has 0 saturated carbocycles. The SMILES string of the molecule is CC1(C)CNc2cccc(Cl)c2OC1. The van der Waals surface area contributed by atoms with Crippen LogP contribution in [0.1, 0.15) is 13.8 Å². The number of ether oxygens (including phenoxy) is 1. The van der Waals surface area contributed by atoms with Gasteiger partial charge < -0.3 is 10.1 Å². The van der Waals surface area contributed by atoms with Crippen LogP contribution < -0.4 is 10.1 Å². The third kappa shape index (κ3) is 1.80. The van der Waals surface area contributed by atoms with Crippen molar-refractivity contribution >= 4 is 17.3 Å². The highest BCUT2D eigenvalue weighted by Crippen LogP contribution is 2.36. The summed E-state index contributed by atoms with van der Waals surface area (Å²) < 4.78 is 5.70. The number of hydrogen-bond donors (Lipinski definition) is 1. The normalized spacial score (nSPS) is 18.8. The van der Waals surface area contributed by atoms with Crippen molar-refractivity contribution < 1.29 is 4.74 Å². The molecule has 0 unspecified atom stereocenters. The number of rotatable bonds is 0. The minimum Gasteiger partial charge on any atom is -0.489 e. The Morgan fingerprint density at radius 2 is 2.21 bits per heavy atom. The summed E-state index contributed by atoms with van der Waals surface area (Å²) in [5.41, 5.74) is 1.13. The van der Waals surface area contributed by atoms with E-state index in [0.29, 0.717) is 11.6 Å². The fourth-order valence-corrected chi connectivity index (χ4v) is 1.68. The van der Waals surface area contributed by atoms with Crippen LogP contribution in [0.25, 0.3) is 0 Å². The van der Waals surface area contributed by atoms with Crippen molar-refractivity contribution in [1.29, 1.82) is 0 Å². The largest absolute Gasteiger partial charge is 0.489 e. The topological polar surface area (TPSA) is 21.3 Å². The van der Waals surface area contributed by atoms with E-state index in [1.165, 1.54) is 0 Å². The number of anilines is 1. The summed E-state index contributed by atoms with van der Waals surface area (Å²) >= 11 is 6.04. The lowest BCUT2D eigenvalue weighted by atomic mass is 9.95. The number of fused-ring (bicyclic) bond motifs is 1. The Morgan fingerprint density at radius 3 is 3.00 bits per heavy atom. The fraction of sp³-hybridized carbons (Fsp3) is 0.455. The zero-order valence-corrected chi connectivity index (χ0v) is 9.19. The van der Waals surface area contributed by atoms with Crippen LogP contribution in [0, 0.1) is 5.41 Å². The summed E-state index contributed by atoms with van der Waals surface area (Å²) in [7, 11) is 0. The molecule has 14 heavy (non-hydrogen) atoms. The first-order valence-corrected chi connectivity index (χ1v) is 5.11. The van der Waals surface area contributed by atoms with Crippen molar-refractivity contribution in [3.8, 4) is 5.75 Å². The van der Waals surface area contributed by atoms with Crippen molar-refractivity contribution in [2.24, 2.45) is 5.41 Å². The molecule has 0 aromatic heterocycles. The number of benzene rings is 1. The summed E-state index contributed by atoms with van der Waals surface area (Å²) in [4.78, 5) is 0. The van der Waals surface area contributed by atoms with Crippen molar-refractivity contribution in [1.82, 2.24) is 0 Å². The van der Waals surface area contributed by atoms with Gasteiger partial charge in [-0.1, -0.05) is 31.5 Å². The molecule has 76 valence electrons. The van der Waals surface area contributed by atoms with Gasteiger partial charge in [-0.2, -0.15) is 0 Å². The van der Waals surface area contributed by atoms with Gasteiger partial charge in [0.05, 0.1) is 17.3 Å². The second-order valence-corrected chi connectivity index (χ2v) is 4.83. The van der Waals surface area contributed by atoms with Gasteiger partial charge in [-0.25, -0.2) is 0 Å². The number of hydrogen-bond acceptors (Lipinski definition) is 2. The van der Waals surface area contributed by atoms with Gasteiger partial charge in [-0.15, -0.1) is 0 Å². The van der Waals surface area contributed by atoms with Crippen LogP contribution in [-0.2, 0) is 0 Å². The van der Waals surface area contributed by atoms with Crippen molar-refractivity contribution in [2.75, 3.05) is 18.5 Å². The molecule has 2 rings (SSSR count). The lowest BCUT2D eigenvalue weighted by Crippen LogP contribution is -2.27. The van der Waals surface area contributed by atoms with E-state index in [-0.39, 0.29) is 5.41 Å². The number of halogens is 1. The fourth-order valence-electron chi connectivity index (χ4n) is 1.45. The summed E-state index contributed by atoms with van der Waals surface area (Å²) in [6.45, 7) is 5.93. The van der Waals surface area contributed by atoms with Gasteiger partial charge >= 0.3 is 0 Å². The molecule has 1 aliphatic heterocycles. The first-order chi connectivity index (χ1) is 6.58. The first-order valence-electron chi connectivity index (χ1n) is 4.74. The Balaban J connectivity index is 2.34. The standard InChI is InChI=1S/C11H14ClNO/c1-11(2)6-13-9-5-3-4-8(12)10(9)14-7-11/h3-5,13H,6-7H2,1-2H3. The lowest BCUT2D eigenvalue weighted by molar-refractivity contribution is 0.200. The second kappa shape index (κ2) is 3.35. The van der Waals surface area contributed by atoms with Gasteiger partial charge in [-0.3, -0.25) is 0 Å². The van der Waals surface area contributed by atoms with Crippen LogP contribution >= 0.6 is 11.6 Å². The predicted molar refractivity (Wildman–Crippen MR) is 59.2 cm³/mol. The quantitative estimate of drug-likeness (QED) is 0.712. The molecule has 2 nitrogen and oxygen atoms in total. The Hall–Kier alpha value is -0.890. The molecule has 0 aliphatic carbocycles. The van der Waals surface area contributed by atoms with E-state index in [2.05, 4.69) is 19.2 Å². The molecule has 0 radical (unpaired) electrons. The van der Waals surface area contributed by atoms with E-state index in [0.717, 1.165) is 18.0 Å². The van der Waals surface area contributed by atoms with Crippen LogP contribution in [-0.4, -0.2) is 13.2 Å². The second-order valence-electron chi connectivity index (χ2n) is 4.42. The summed E-state index contributed by atoms with van der Waals surface area (Å²) in [6, 6.07) is 5.76. The molecule has 0 amide bonds. The summed E-state index contributed by atoms with van der Waals surface area (Å²) in [5, 5.41) is 4.02. The molecule has 0 fully saturated rings. The molecular weight excluding hydrogens is 198 g/mol. The van der Waals surface area contributed by atoms with E-state index in [1.807, 2.05) is 18.2 Å². The van der Waals surface area contributed by atoms with Crippen molar-refractivity contribution in [2.45, 2.75) is 13.8 Å². The van der Waals surface area contributed by atoms with E-state index in [9.17, 15) is 0 Å². The zero-order chi connectivity index (χ0) is 10.2. The first kappa shape index (κ1) is 9.66. The van der Waals surface area contributed by atoms with Crippen LogP contribution in [0.15, 0.2) is 18.2 Å². The molecule has 1 aromatic carbocycles. The minimum absolute atomic E-state index is 0.141. The highest BCUT2D eigenvalue weighted by Gasteiger charge is 2.24. The molecule has 1 N–H and O–H groups in total. The summed E-state index contributed by atoms with van der Waals surface area (Å²) in [6.07, 6.45) is 0. The number of nitrogens with one attached hydrogen (secondary N) is 1. The Morgan fingerprint density at radius 1 is 1.43 bits per heavy atom. The zero-order valence-electron chi connectivity index (χ0n) is 8.43. The average molecular weight is 212 g/mol. The monoisotopic (exact) mass is 211 g/mol. The smallest absolute Gasteiger partial charge is 0.160 e.